The third kappa shape index (κ3) is 2.99. The van der Waals surface area contributed by atoms with Crippen LogP contribution >= 0.6 is 0 Å². The smallest absolute Gasteiger partial charge is 0.226 e. The summed E-state index contributed by atoms with van der Waals surface area (Å²) in [5.41, 5.74) is 3.79. The molecule has 130 valence electrons. The number of hydrogen-bond donors (Lipinski definition) is 0. The topological polar surface area (TPSA) is 38.1 Å². The number of rotatable bonds is 5. The lowest BCUT2D eigenvalue weighted by Gasteiger charge is -2.27. The van der Waals surface area contributed by atoms with Crippen LogP contribution < -0.4 is 0 Å². The van der Waals surface area contributed by atoms with E-state index in [-0.39, 0.29) is 0 Å². The highest BCUT2D eigenvalue weighted by molar-refractivity contribution is 5.82. The van der Waals surface area contributed by atoms with Crippen LogP contribution in [0.4, 0.5) is 0 Å². The first-order valence-electron chi connectivity index (χ1n) is 9.65. The molecule has 25 heavy (non-hydrogen) atoms. The molecule has 0 N–H and O–H groups in total. The molecule has 5 rings (SSSR count). The van der Waals surface area contributed by atoms with Gasteiger partial charge in [-0.15, -0.1) is 0 Å². The van der Waals surface area contributed by atoms with Crippen molar-refractivity contribution in [3.05, 3.63) is 53.6 Å². The predicted molar refractivity (Wildman–Crippen MR) is 95.8 cm³/mol. The number of aromatic nitrogens is 2. The molecule has 0 saturated heterocycles. The van der Waals surface area contributed by atoms with E-state index >= 15 is 0 Å². The summed E-state index contributed by atoms with van der Waals surface area (Å²) in [7, 11) is 0. The average Bonchev–Trinajstić information content (AvgIpc) is 3.55. The van der Waals surface area contributed by atoms with E-state index in [0.29, 0.717) is 24.3 Å². The van der Waals surface area contributed by atoms with E-state index in [2.05, 4.69) is 44.8 Å². The lowest BCUT2D eigenvalue weighted by molar-refractivity contribution is -0.134. The normalized spacial score (nSPS) is 24.9. The minimum absolute atomic E-state index is 0.328. The molecule has 2 aromatic rings. The van der Waals surface area contributed by atoms with Gasteiger partial charge in [0.25, 0.3) is 0 Å². The lowest BCUT2D eigenvalue weighted by Crippen LogP contribution is -2.37. The van der Waals surface area contributed by atoms with Gasteiger partial charge >= 0.3 is 0 Å². The van der Waals surface area contributed by atoms with Gasteiger partial charge < -0.3 is 9.47 Å². The Morgan fingerprint density at radius 2 is 2.04 bits per heavy atom. The quantitative estimate of drug-likeness (QED) is 0.842. The first-order valence-corrected chi connectivity index (χ1v) is 9.65. The molecule has 2 fully saturated rings. The Bertz CT molecular complexity index is 778. The molecule has 0 bridgehead atoms. The van der Waals surface area contributed by atoms with Crippen LogP contribution in [0.5, 0.6) is 0 Å². The van der Waals surface area contributed by atoms with Crippen LogP contribution in [0.15, 0.2) is 36.7 Å². The van der Waals surface area contributed by atoms with Crippen LogP contribution in [-0.4, -0.2) is 26.9 Å². The number of fused-ring (bicyclic) bond motifs is 1. The molecule has 3 aliphatic rings. The van der Waals surface area contributed by atoms with Crippen LogP contribution in [0.1, 0.15) is 36.2 Å². The van der Waals surface area contributed by atoms with Crippen molar-refractivity contribution in [3.63, 3.8) is 0 Å². The first-order chi connectivity index (χ1) is 12.3. The zero-order valence-corrected chi connectivity index (χ0v) is 14.6. The first kappa shape index (κ1) is 15.2. The van der Waals surface area contributed by atoms with Crippen molar-refractivity contribution in [3.8, 4) is 0 Å². The van der Waals surface area contributed by atoms with Crippen LogP contribution in [0.25, 0.3) is 0 Å². The fraction of sp³-hybridized carbons (Fsp3) is 0.524. The van der Waals surface area contributed by atoms with Crippen molar-refractivity contribution in [2.75, 3.05) is 6.54 Å². The number of hydrogen-bond acceptors (Lipinski definition) is 2. The fourth-order valence-electron chi connectivity index (χ4n) is 4.42. The lowest BCUT2D eigenvalue weighted by atomic mass is 10.1. The van der Waals surface area contributed by atoms with E-state index in [4.69, 9.17) is 0 Å². The molecule has 1 aromatic carbocycles. The molecule has 2 heterocycles. The molecule has 2 saturated carbocycles. The van der Waals surface area contributed by atoms with Gasteiger partial charge in [0.2, 0.25) is 5.91 Å². The van der Waals surface area contributed by atoms with Gasteiger partial charge in [-0.05, 0) is 43.1 Å². The Balaban J connectivity index is 1.22. The highest BCUT2D eigenvalue weighted by atomic mass is 16.2. The van der Waals surface area contributed by atoms with Crippen LogP contribution in [0.3, 0.4) is 0 Å². The summed E-state index contributed by atoms with van der Waals surface area (Å²) in [6.07, 6.45) is 7.77. The van der Waals surface area contributed by atoms with Crippen LogP contribution in [-0.2, 0) is 30.7 Å². The molecule has 1 amide bonds. The molecule has 4 nitrogen and oxygen atoms in total. The van der Waals surface area contributed by atoms with Crippen LogP contribution in [0, 0.1) is 17.8 Å². The number of carbonyl (C=O) groups is 1. The SMILES string of the molecule is O=C([C@@H]1C[C@@H]1C1CC1)N1CCc2c(ncn2CCc2ccccc2)C1. The zero-order chi connectivity index (χ0) is 16.8. The van der Waals surface area contributed by atoms with E-state index in [1.165, 1.54) is 24.1 Å². The van der Waals surface area contributed by atoms with Crippen LogP contribution in [0.2, 0.25) is 0 Å². The largest absolute Gasteiger partial charge is 0.336 e. The molecule has 1 aromatic heterocycles. The van der Waals surface area contributed by atoms with Crippen molar-refractivity contribution >= 4 is 5.91 Å². The molecule has 0 spiro atoms. The summed E-state index contributed by atoms with van der Waals surface area (Å²) in [5.74, 6) is 2.29. The fourth-order valence-corrected chi connectivity index (χ4v) is 4.42. The van der Waals surface area contributed by atoms with Gasteiger partial charge in [0, 0.05) is 31.1 Å². The second kappa shape index (κ2) is 6.01. The average molecular weight is 335 g/mol. The van der Waals surface area contributed by atoms with Gasteiger partial charge in [0.05, 0.1) is 18.6 Å². The zero-order valence-electron chi connectivity index (χ0n) is 14.6. The molecule has 0 unspecified atom stereocenters. The van der Waals surface area contributed by atoms with Gasteiger partial charge in [-0.3, -0.25) is 4.79 Å². The number of amides is 1. The van der Waals surface area contributed by atoms with Crippen molar-refractivity contribution in [1.82, 2.24) is 14.5 Å². The van der Waals surface area contributed by atoms with E-state index in [9.17, 15) is 4.79 Å². The Morgan fingerprint density at radius 1 is 1.20 bits per heavy atom. The molecular weight excluding hydrogens is 310 g/mol. The second-order valence-corrected chi connectivity index (χ2v) is 7.92. The van der Waals surface area contributed by atoms with Gasteiger partial charge in [0.15, 0.2) is 0 Å². The summed E-state index contributed by atoms with van der Waals surface area (Å²) in [6.45, 7) is 2.53. The van der Waals surface area contributed by atoms with Crippen molar-refractivity contribution in [1.29, 1.82) is 0 Å². The maximum absolute atomic E-state index is 12.7. The Hall–Kier alpha value is -2.10. The van der Waals surface area contributed by atoms with Gasteiger partial charge in [-0.2, -0.15) is 0 Å². The Labute approximate surface area is 148 Å². The molecule has 2 aliphatic carbocycles. The molecule has 4 heteroatoms. The summed E-state index contributed by atoms with van der Waals surface area (Å²) in [4.78, 5) is 19.4. The second-order valence-electron chi connectivity index (χ2n) is 7.92. The molecule has 2 atom stereocenters. The summed E-state index contributed by atoms with van der Waals surface area (Å²) >= 11 is 0. The maximum Gasteiger partial charge on any atom is 0.226 e. The number of carbonyl (C=O) groups excluding carboxylic acids is 1. The van der Waals surface area contributed by atoms with E-state index in [0.717, 1.165) is 44.0 Å². The predicted octanol–water partition coefficient (Wildman–Crippen LogP) is 3.06. The maximum atomic E-state index is 12.7. The van der Waals surface area contributed by atoms with Crippen molar-refractivity contribution in [2.45, 2.75) is 45.2 Å². The van der Waals surface area contributed by atoms with E-state index in [1.807, 2.05) is 6.33 Å². The number of nitrogens with zero attached hydrogens (tertiary/aromatic N) is 3. The minimum atomic E-state index is 0.328. The Morgan fingerprint density at radius 3 is 2.84 bits per heavy atom. The number of aryl methyl sites for hydroxylation is 2. The third-order valence-corrected chi connectivity index (χ3v) is 6.17. The van der Waals surface area contributed by atoms with Gasteiger partial charge in [-0.1, -0.05) is 30.3 Å². The van der Waals surface area contributed by atoms with E-state index in [1.54, 1.807) is 0 Å². The molecular formula is C21H25N3O. The standard InChI is InChI=1S/C21H25N3O/c25-21(18-12-17(18)16-6-7-16)23-11-9-20-19(13-23)22-14-24(20)10-8-15-4-2-1-3-5-15/h1-5,14,16-18H,6-13H2/t17-,18-/m1/s1. The molecule has 1 aliphatic heterocycles. The molecule has 0 radical (unpaired) electrons. The van der Waals surface area contributed by atoms with Crippen molar-refractivity contribution < 1.29 is 4.79 Å². The number of imidazole rings is 1. The van der Waals surface area contributed by atoms with Gasteiger partial charge in [-0.25, -0.2) is 4.98 Å². The summed E-state index contributed by atoms with van der Waals surface area (Å²) in [6, 6.07) is 10.6. The third-order valence-electron chi connectivity index (χ3n) is 6.17. The highest BCUT2D eigenvalue weighted by Crippen LogP contribution is 2.55. The van der Waals surface area contributed by atoms with Gasteiger partial charge in [0.1, 0.15) is 0 Å². The monoisotopic (exact) mass is 335 g/mol. The van der Waals surface area contributed by atoms with E-state index < -0.39 is 0 Å². The van der Waals surface area contributed by atoms with Crippen molar-refractivity contribution in [2.24, 2.45) is 17.8 Å². The number of benzene rings is 1. The summed E-state index contributed by atoms with van der Waals surface area (Å²) in [5, 5.41) is 0. The minimum Gasteiger partial charge on any atom is -0.336 e. The Kier molecular flexibility index (Phi) is 3.65. The summed E-state index contributed by atoms with van der Waals surface area (Å²) < 4.78 is 2.29. The highest BCUT2D eigenvalue weighted by Gasteiger charge is 2.52.